The first-order valence-electron chi connectivity index (χ1n) is 8.11. The Labute approximate surface area is 144 Å². The number of aromatic nitrogens is 4. The fourth-order valence-corrected chi connectivity index (χ4v) is 2.45. The molecule has 130 valence electrons. The van der Waals surface area contributed by atoms with Gasteiger partial charge in [-0.05, 0) is 25.8 Å². The first-order valence-corrected chi connectivity index (χ1v) is 8.11. The number of carbonyl (C=O) groups is 1. The van der Waals surface area contributed by atoms with Gasteiger partial charge in [-0.25, -0.2) is 19.3 Å². The van der Waals surface area contributed by atoms with Crippen LogP contribution in [-0.2, 0) is 6.42 Å². The minimum absolute atomic E-state index is 0.0829. The summed E-state index contributed by atoms with van der Waals surface area (Å²) < 4.78 is 1.28. The van der Waals surface area contributed by atoms with Gasteiger partial charge in [-0.1, -0.05) is 30.3 Å². The van der Waals surface area contributed by atoms with Crippen molar-refractivity contribution in [3.63, 3.8) is 0 Å². The highest BCUT2D eigenvalue weighted by molar-refractivity contribution is 5.93. The number of carbonyl (C=O) groups excluding carboxylic acids is 1. The molecule has 0 spiro atoms. The summed E-state index contributed by atoms with van der Waals surface area (Å²) in [5.74, 6) is 0.0572. The topological polar surface area (TPSA) is 104 Å². The molecule has 0 bridgehead atoms. The number of rotatable bonds is 6. The highest BCUT2D eigenvalue weighted by atomic mass is 16.2. The third-order valence-corrected chi connectivity index (χ3v) is 3.60. The maximum absolute atomic E-state index is 12.4. The largest absolute Gasteiger partial charge is 0.365 e. The molecule has 1 aromatic carbocycles. The van der Waals surface area contributed by atoms with Crippen molar-refractivity contribution in [1.29, 1.82) is 0 Å². The van der Waals surface area contributed by atoms with Crippen molar-refractivity contribution < 1.29 is 4.79 Å². The average Bonchev–Trinajstić information content (AvgIpc) is 2.97. The fourth-order valence-electron chi connectivity index (χ4n) is 2.45. The molecule has 0 aliphatic heterocycles. The minimum Gasteiger partial charge on any atom is -0.365 e. The van der Waals surface area contributed by atoms with Crippen molar-refractivity contribution in [3.8, 4) is 0 Å². The Morgan fingerprint density at radius 2 is 2.04 bits per heavy atom. The zero-order valence-corrected chi connectivity index (χ0v) is 14.1. The van der Waals surface area contributed by atoms with Gasteiger partial charge in [0.15, 0.2) is 5.82 Å². The number of hydrogen-bond donors (Lipinski definition) is 3. The molecule has 8 heteroatoms. The van der Waals surface area contributed by atoms with Crippen LogP contribution in [0.2, 0.25) is 0 Å². The molecule has 0 aliphatic carbocycles. The number of nitrogens with zero attached hydrogens (tertiary/aromatic N) is 3. The second kappa shape index (κ2) is 7.16. The Bertz CT molecular complexity index is 929. The van der Waals surface area contributed by atoms with E-state index in [-0.39, 0.29) is 17.6 Å². The van der Waals surface area contributed by atoms with Crippen LogP contribution in [0.3, 0.4) is 0 Å². The fraction of sp³-hybridized carbons (Fsp3) is 0.294. The Morgan fingerprint density at radius 3 is 2.76 bits per heavy atom. The molecule has 1 amide bonds. The SMILES string of the molecule is CC(C)Nc1nc(C(=O)NCCc2ccccc2)cn2c(=O)[nH]nc12. The standard InChI is InChI=1S/C17H20N6O2/c1-11(2)19-14-15-21-22-17(25)23(15)10-13(20-14)16(24)18-9-8-12-6-4-3-5-7-12/h3-7,10-11H,8-9H2,1-2H3,(H,18,24)(H,19,20)(H,22,25). The summed E-state index contributed by atoms with van der Waals surface area (Å²) in [4.78, 5) is 28.6. The lowest BCUT2D eigenvalue weighted by molar-refractivity contribution is 0.0949. The van der Waals surface area contributed by atoms with Crippen LogP contribution in [0.25, 0.3) is 5.65 Å². The number of anilines is 1. The van der Waals surface area contributed by atoms with Gasteiger partial charge in [0.25, 0.3) is 5.91 Å². The van der Waals surface area contributed by atoms with Crippen LogP contribution >= 0.6 is 0 Å². The summed E-state index contributed by atoms with van der Waals surface area (Å²) in [6.45, 7) is 4.36. The summed E-state index contributed by atoms with van der Waals surface area (Å²) in [7, 11) is 0. The van der Waals surface area contributed by atoms with E-state index < -0.39 is 5.69 Å². The Kier molecular flexibility index (Phi) is 4.78. The van der Waals surface area contributed by atoms with E-state index in [9.17, 15) is 9.59 Å². The highest BCUT2D eigenvalue weighted by Crippen LogP contribution is 2.12. The third kappa shape index (κ3) is 3.85. The average molecular weight is 340 g/mol. The molecule has 2 heterocycles. The molecule has 0 saturated carbocycles. The van der Waals surface area contributed by atoms with Crippen LogP contribution in [0.1, 0.15) is 29.9 Å². The monoisotopic (exact) mass is 340 g/mol. The van der Waals surface area contributed by atoms with Gasteiger partial charge in [-0.2, -0.15) is 0 Å². The zero-order chi connectivity index (χ0) is 17.8. The van der Waals surface area contributed by atoms with E-state index in [4.69, 9.17) is 0 Å². The van der Waals surface area contributed by atoms with Gasteiger partial charge < -0.3 is 10.6 Å². The lowest BCUT2D eigenvalue weighted by atomic mass is 10.1. The van der Waals surface area contributed by atoms with Gasteiger partial charge in [-0.15, -0.1) is 5.10 Å². The van der Waals surface area contributed by atoms with Gasteiger partial charge in [0.05, 0.1) is 0 Å². The zero-order valence-electron chi connectivity index (χ0n) is 14.1. The van der Waals surface area contributed by atoms with Crippen molar-refractivity contribution in [1.82, 2.24) is 24.9 Å². The summed E-state index contributed by atoms with van der Waals surface area (Å²) in [5, 5.41) is 12.2. The molecule has 0 fully saturated rings. The van der Waals surface area contributed by atoms with Crippen molar-refractivity contribution >= 4 is 17.4 Å². The smallest absolute Gasteiger partial charge is 0.347 e. The molecule has 0 radical (unpaired) electrons. The van der Waals surface area contributed by atoms with Crippen LogP contribution in [0.5, 0.6) is 0 Å². The van der Waals surface area contributed by atoms with Gasteiger partial charge in [-0.3, -0.25) is 4.79 Å². The second-order valence-corrected chi connectivity index (χ2v) is 5.99. The lowest BCUT2D eigenvalue weighted by Gasteiger charge is -2.11. The van der Waals surface area contributed by atoms with Crippen LogP contribution in [0, 0.1) is 0 Å². The molecular formula is C17H20N6O2. The van der Waals surface area contributed by atoms with E-state index in [1.165, 1.54) is 10.6 Å². The van der Waals surface area contributed by atoms with Crippen molar-refractivity contribution in [2.24, 2.45) is 0 Å². The van der Waals surface area contributed by atoms with Crippen LogP contribution in [0.15, 0.2) is 41.3 Å². The molecule has 8 nitrogen and oxygen atoms in total. The summed E-state index contributed by atoms with van der Waals surface area (Å²) >= 11 is 0. The lowest BCUT2D eigenvalue weighted by Crippen LogP contribution is -2.28. The number of fused-ring (bicyclic) bond motifs is 1. The maximum atomic E-state index is 12.4. The number of H-pyrrole nitrogens is 1. The van der Waals surface area contributed by atoms with Gasteiger partial charge in [0.2, 0.25) is 5.65 Å². The molecule has 0 aliphatic rings. The van der Waals surface area contributed by atoms with Crippen LogP contribution in [-0.4, -0.2) is 38.1 Å². The molecule has 0 unspecified atom stereocenters. The summed E-state index contributed by atoms with van der Waals surface area (Å²) in [6, 6.07) is 9.97. The number of nitrogens with one attached hydrogen (secondary N) is 3. The van der Waals surface area contributed by atoms with Crippen LogP contribution in [0.4, 0.5) is 5.82 Å². The Hall–Kier alpha value is -3.16. The molecule has 25 heavy (non-hydrogen) atoms. The molecule has 0 saturated heterocycles. The molecule has 2 aromatic heterocycles. The van der Waals surface area contributed by atoms with E-state index in [1.54, 1.807) is 0 Å². The predicted molar refractivity (Wildman–Crippen MR) is 94.8 cm³/mol. The molecule has 3 N–H and O–H groups in total. The Balaban J connectivity index is 1.78. The molecule has 3 rings (SSSR count). The quantitative estimate of drug-likeness (QED) is 0.626. The van der Waals surface area contributed by atoms with E-state index in [0.717, 1.165) is 12.0 Å². The maximum Gasteiger partial charge on any atom is 0.347 e. The normalized spacial score (nSPS) is 11.0. The summed E-state index contributed by atoms with van der Waals surface area (Å²) in [5.41, 5.74) is 1.24. The Morgan fingerprint density at radius 1 is 1.28 bits per heavy atom. The van der Waals surface area contributed by atoms with Gasteiger partial charge in [0, 0.05) is 18.8 Å². The first-order chi connectivity index (χ1) is 12.0. The van der Waals surface area contributed by atoms with E-state index in [0.29, 0.717) is 18.0 Å². The number of benzene rings is 1. The molecular weight excluding hydrogens is 320 g/mol. The third-order valence-electron chi connectivity index (χ3n) is 3.60. The van der Waals surface area contributed by atoms with Crippen LogP contribution < -0.4 is 16.3 Å². The number of aromatic amines is 1. The van der Waals surface area contributed by atoms with Gasteiger partial charge in [0.1, 0.15) is 5.69 Å². The second-order valence-electron chi connectivity index (χ2n) is 5.99. The molecule has 3 aromatic rings. The minimum atomic E-state index is -0.414. The number of amides is 1. The van der Waals surface area contributed by atoms with Gasteiger partial charge >= 0.3 is 5.69 Å². The van der Waals surface area contributed by atoms with Crippen molar-refractivity contribution in [2.45, 2.75) is 26.3 Å². The van der Waals surface area contributed by atoms with Crippen molar-refractivity contribution in [3.05, 3.63) is 58.3 Å². The molecule has 0 atom stereocenters. The van der Waals surface area contributed by atoms with E-state index in [1.807, 2.05) is 44.2 Å². The highest BCUT2D eigenvalue weighted by Gasteiger charge is 2.15. The van der Waals surface area contributed by atoms with E-state index >= 15 is 0 Å². The van der Waals surface area contributed by atoms with E-state index in [2.05, 4.69) is 25.8 Å². The van der Waals surface area contributed by atoms with Crippen molar-refractivity contribution in [2.75, 3.05) is 11.9 Å². The summed E-state index contributed by atoms with van der Waals surface area (Å²) in [6.07, 6.45) is 2.11. The first kappa shape index (κ1) is 16.7. The number of hydrogen-bond acceptors (Lipinski definition) is 5. The predicted octanol–water partition coefficient (Wildman–Crippen LogP) is 1.21.